The van der Waals surface area contributed by atoms with Crippen LogP contribution in [0.5, 0.6) is 0 Å². The highest BCUT2D eigenvalue weighted by Crippen LogP contribution is 2.39. The first-order chi connectivity index (χ1) is 50.0. The molecule has 0 aromatic heterocycles. The van der Waals surface area contributed by atoms with Gasteiger partial charge in [-0.25, -0.2) is 16.8 Å². The molecule has 102 heavy (non-hydrogen) atoms. The van der Waals surface area contributed by atoms with Gasteiger partial charge in [0.05, 0.1) is 9.79 Å². The highest BCUT2D eigenvalue weighted by molar-refractivity contribution is 7.89. The molecule has 0 aliphatic carbocycles. The van der Waals surface area contributed by atoms with Crippen molar-refractivity contribution in [1.29, 1.82) is 0 Å². The Kier molecular flexibility index (Phi) is 67.9. The van der Waals surface area contributed by atoms with Crippen molar-refractivity contribution in [2.24, 2.45) is 0 Å². The van der Waals surface area contributed by atoms with Crippen molar-refractivity contribution in [3.05, 3.63) is 46.4 Å². The molecule has 0 heterocycles. The van der Waals surface area contributed by atoms with E-state index in [4.69, 9.17) is 23.2 Å². The standard InChI is InChI=1S/C92H170Cl2N2O4S2/c1-5-9-13-17-21-25-29-33-37-41-45-49-53-57-61-65-69-73-81-95(82-74-70-66-62-58-54-50-46-42-38-34-30-26-22-18-14-10-6-2)101(97,98)91-85-87(93)77-79-89(91)90-80-78-88(94)86-92(90)102(99,100)96(83-75-71-67-63-59-55-51-47-43-39-35-31-27-23-19-15-11-7-3)84-76-72-68-64-60-56-52-48-44-40-36-32-28-24-20-16-12-8-4/h77-80,85-86H,5-76,81-84H2,1-4H3. The van der Waals surface area contributed by atoms with Crippen molar-refractivity contribution in [2.45, 2.75) is 500 Å². The molecular weight excluding hydrogens is 1330 g/mol. The van der Waals surface area contributed by atoms with Gasteiger partial charge in [-0.3, -0.25) is 0 Å². The van der Waals surface area contributed by atoms with Crippen LogP contribution in [0.25, 0.3) is 11.1 Å². The van der Waals surface area contributed by atoms with Gasteiger partial charge in [0.25, 0.3) is 0 Å². The second kappa shape index (κ2) is 71.4. The van der Waals surface area contributed by atoms with E-state index in [1.54, 1.807) is 45.0 Å². The lowest BCUT2D eigenvalue weighted by molar-refractivity contribution is 0.382. The van der Waals surface area contributed by atoms with E-state index in [-0.39, 0.29) is 9.79 Å². The van der Waals surface area contributed by atoms with E-state index in [0.717, 1.165) is 77.0 Å². The van der Waals surface area contributed by atoms with E-state index in [2.05, 4.69) is 27.7 Å². The van der Waals surface area contributed by atoms with Gasteiger partial charge in [0, 0.05) is 47.4 Å². The average molecular weight is 1500 g/mol. The number of halogens is 2. The Morgan fingerprint density at radius 1 is 0.206 bits per heavy atom. The molecule has 0 amide bonds. The van der Waals surface area contributed by atoms with Gasteiger partial charge >= 0.3 is 0 Å². The first kappa shape index (κ1) is 96.9. The first-order valence-corrected chi connectivity index (χ1v) is 49.3. The molecule has 0 unspecified atom stereocenters. The summed E-state index contributed by atoms with van der Waals surface area (Å²) < 4.78 is 65.6. The van der Waals surface area contributed by atoms with Crippen molar-refractivity contribution >= 4 is 43.2 Å². The summed E-state index contributed by atoms with van der Waals surface area (Å²) in [6.07, 6.45) is 92.5. The van der Waals surface area contributed by atoms with Crippen LogP contribution in [0, 0.1) is 0 Å². The number of benzene rings is 2. The SMILES string of the molecule is CCCCCCCCCCCCCCCCCCCCN(CCCCCCCCCCCCCCCCCCCC)S(=O)(=O)c1cc(Cl)ccc1-c1ccc(Cl)cc1S(=O)(=O)N(CCCCCCCCCCCCCCCCCCCC)CCCCCCCCCCCCCCCCCCCC. The normalized spacial score (nSPS) is 12.2. The molecule has 2 aromatic rings. The lowest BCUT2D eigenvalue weighted by atomic mass is 10.0. The zero-order chi connectivity index (χ0) is 73.6. The van der Waals surface area contributed by atoms with Gasteiger partial charge in [-0.1, -0.05) is 500 Å². The van der Waals surface area contributed by atoms with Crippen LogP contribution in [0.2, 0.25) is 10.0 Å². The molecule has 0 radical (unpaired) electrons. The Hall–Kier alpha value is -1.16. The lowest BCUT2D eigenvalue weighted by Gasteiger charge is -2.26. The summed E-state index contributed by atoms with van der Waals surface area (Å²) in [5.74, 6) is 0. The highest BCUT2D eigenvalue weighted by Gasteiger charge is 2.32. The van der Waals surface area contributed by atoms with E-state index in [1.807, 2.05) is 0 Å². The minimum Gasteiger partial charge on any atom is -0.207 e. The molecule has 0 aliphatic rings. The fourth-order valence-corrected chi connectivity index (χ4v) is 19.6. The number of nitrogens with zero attached hydrogens (tertiary/aromatic N) is 2. The van der Waals surface area contributed by atoms with Crippen molar-refractivity contribution in [1.82, 2.24) is 8.61 Å². The van der Waals surface area contributed by atoms with Gasteiger partial charge in [-0.15, -0.1) is 0 Å². The molecule has 0 N–H and O–H groups in total. The average Bonchev–Trinajstić information content (AvgIpc) is 0.757. The van der Waals surface area contributed by atoms with Gasteiger partial charge in [0.1, 0.15) is 0 Å². The van der Waals surface area contributed by atoms with Gasteiger partial charge < -0.3 is 0 Å². The predicted molar refractivity (Wildman–Crippen MR) is 455 cm³/mol. The van der Waals surface area contributed by atoms with Crippen LogP contribution in [0.4, 0.5) is 0 Å². The van der Waals surface area contributed by atoms with Gasteiger partial charge in [0.2, 0.25) is 20.0 Å². The maximum Gasteiger partial charge on any atom is 0.243 e. The molecule has 0 saturated carbocycles. The van der Waals surface area contributed by atoms with Crippen LogP contribution in [0.1, 0.15) is 490 Å². The quantitative estimate of drug-likeness (QED) is 0.0619. The molecule has 0 saturated heterocycles. The maximum atomic E-state index is 15.5. The molecule has 598 valence electrons. The summed E-state index contributed by atoms with van der Waals surface area (Å²) in [6, 6.07) is 10.1. The number of hydrogen-bond donors (Lipinski definition) is 0. The summed E-state index contributed by atoms with van der Waals surface area (Å²) >= 11 is 13.7. The minimum absolute atomic E-state index is 0.0807. The fourth-order valence-electron chi connectivity index (χ4n) is 15.6. The van der Waals surface area contributed by atoms with Gasteiger partial charge in [0.15, 0.2) is 0 Å². The number of sulfonamides is 2. The third kappa shape index (κ3) is 53.6. The zero-order valence-corrected chi connectivity index (χ0v) is 71.4. The van der Waals surface area contributed by atoms with Crippen LogP contribution in [-0.2, 0) is 20.0 Å². The molecule has 6 nitrogen and oxygen atoms in total. The smallest absolute Gasteiger partial charge is 0.207 e. The Balaban J connectivity index is 2.18. The summed E-state index contributed by atoms with van der Waals surface area (Å²) in [5.41, 5.74) is 0.744. The molecule has 0 spiro atoms. The summed E-state index contributed by atoms with van der Waals surface area (Å²) in [7, 11) is -8.23. The molecule has 0 aliphatic heterocycles. The molecule has 2 rings (SSSR count). The minimum atomic E-state index is -4.11. The zero-order valence-electron chi connectivity index (χ0n) is 68.3. The number of hydrogen-bond acceptors (Lipinski definition) is 4. The first-order valence-electron chi connectivity index (χ1n) is 45.6. The Labute approximate surface area is 647 Å². The number of unbranched alkanes of at least 4 members (excludes halogenated alkanes) is 68. The van der Waals surface area contributed by atoms with Crippen LogP contribution < -0.4 is 0 Å². The van der Waals surface area contributed by atoms with E-state index in [9.17, 15) is 0 Å². The Morgan fingerprint density at radius 2 is 0.333 bits per heavy atom. The monoisotopic (exact) mass is 1500 g/mol. The third-order valence-corrected chi connectivity index (χ3v) is 26.8. The Bertz CT molecular complexity index is 2110. The van der Waals surface area contributed by atoms with Crippen LogP contribution in [0.15, 0.2) is 46.2 Å². The van der Waals surface area contributed by atoms with Crippen molar-refractivity contribution < 1.29 is 16.8 Å². The third-order valence-electron chi connectivity index (χ3n) is 22.5. The second-order valence-corrected chi connectivity index (χ2v) is 36.8. The molecular formula is C92H170Cl2N2O4S2. The van der Waals surface area contributed by atoms with E-state index in [0.29, 0.717) is 47.4 Å². The Morgan fingerprint density at radius 3 is 0.471 bits per heavy atom. The molecule has 0 fully saturated rings. The van der Waals surface area contributed by atoms with Crippen molar-refractivity contribution in [3.63, 3.8) is 0 Å². The summed E-state index contributed by atoms with van der Waals surface area (Å²) in [5, 5.41) is 0.642. The molecule has 0 atom stereocenters. The maximum absolute atomic E-state index is 15.5. The van der Waals surface area contributed by atoms with Crippen LogP contribution in [0.3, 0.4) is 0 Å². The number of rotatable bonds is 81. The van der Waals surface area contributed by atoms with Crippen molar-refractivity contribution in [3.8, 4) is 11.1 Å². The highest BCUT2D eigenvalue weighted by atomic mass is 35.5. The second-order valence-electron chi connectivity index (χ2n) is 32.1. The van der Waals surface area contributed by atoms with E-state index in [1.165, 1.54) is 385 Å². The summed E-state index contributed by atoms with van der Waals surface area (Å²) in [4.78, 5) is 0.161. The largest absolute Gasteiger partial charge is 0.243 e. The van der Waals surface area contributed by atoms with Crippen LogP contribution >= 0.6 is 23.2 Å². The molecule has 2 aromatic carbocycles. The fraction of sp³-hybridized carbons (Fsp3) is 0.870. The molecule has 10 heteroatoms. The van der Waals surface area contributed by atoms with Crippen molar-refractivity contribution in [2.75, 3.05) is 26.2 Å². The van der Waals surface area contributed by atoms with E-state index >= 15 is 16.8 Å². The molecule has 0 bridgehead atoms. The lowest BCUT2D eigenvalue weighted by Crippen LogP contribution is -2.34. The van der Waals surface area contributed by atoms with Gasteiger partial charge in [-0.2, -0.15) is 8.61 Å². The summed E-state index contributed by atoms with van der Waals surface area (Å²) in [6.45, 7) is 10.9. The van der Waals surface area contributed by atoms with Gasteiger partial charge in [-0.05, 0) is 49.9 Å². The predicted octanol–water partition coefficient (Wildman–Crippen LogP) is 32.8. The van der Waals surface area contributed by atoms with E-state index < -0.39 is 20.0 Å². The topological polar surface area (TPSA) is 74.8 Å². The van der Waals surface area contributed by atoms with Crippen LogP contribution in [-0.4, -0.2) is 51.6 Å².